The second-order valence-corrected chi connectivity index (χ2v) is 5.51. The number of halogens is 1. The molecule has 0 spiro atoms. The van der Waals surface area contributed by atoms with Crippen LogP contribution in [0.2, 0.25) is 0 Å². The van der Waals surface area contributed by atoms with Crippen LogP contribution in [-0.4, -0.2) is 23.8 Å². The molecule has 0 aliphatic heterocycles. The second kappa shape index (κ2) is 7.61. The maximum Gasteiger partial charge on any atom is 0.277 e. The Morgan fingerprint density at radius 2 is 2.05 bits per heavy atom. The van der Waals surface area contributed by atoms with Gasteiger partial charge in [0.1, 0.15) is 11.5 Å². The van der Waals surface area contributed by atoms with Crippen molar-refractivity contribution in [3.8, 4) is 11.5 Å². The van der Waals surface area contributed by atoms with E-state index < -0.39 is 0 Å². The van der Waals surface area contributed by atoms with Gasteiger partial charge >= 0.3 is 0 Å². The average molecular weight is 363 g/mol. The Morgan fingerprint density at radius 3 is 2.77 bits per heavy atom. The smallest absolute Gasteiger partial charge is 0.277 e. The summed E-state index contributed by atoms with van der Waals surface area (Å²) in [4.78, 5) is 11.6. The van der Waals surface area contributed by atoms with Crippen LogP contribution in [0.1, 0.15) is 11.1 Å². The summed E-state index contributed by atoms with van der Waals surface area (Å²) in [5, 5.41) is 13.4. The molecule has 5 nitrogen and oxygen atoms in total. The first kappa shape index (κ1) is 16.0. The van der Waals surface area contributed by atoms with Gasteiger partial charge in [0.2, 0.25) is 0 Å². The molecular weight excluding hydrogens is 348 g/mol. The van der Waals surface area contributed by atoms with E-state index in [0.29, 0.717) is 11.3 Å². The summed E-state index contributed by atoms with van der Waals surface area (Å²) >= 11 is 3.29. The third-order valence-corrected chi connectivity index (χ3v) is 3.27. The van der Waals surface area contributed by atoms with Gasteiger partial charge in [0, 0.05) is 10.0 Å². The van der Waals surface area contributed by atoms with E-state index in [1.165, 1.54) is 12.3 Å². The van der Waals surface area contributed by atoms with Gasteiger partial charge in [-0.25, -0.2) is 5.43 Å². The maximum atomic E-state index is 11.6. The van der Waals surface area contributed by atoms with Gasteiger partial charge in [-0.2, -0.15) is 5.10 Å². The number of rotatable bonds is 5. The topological polar surface area (TPSA) is 70.9 Å². The predicted molar refractivity (Wildman–Crippen MR) is 88.2 cm³/mol. The molecule has 0 saturated heterocycles. The van der Waals surface area contributed by atoms with Gasteiger partial charge in [-0.05, 0) is 37.3 Å². The Morgan fingerprint density at radius 1 is 1.32 bits per heavy atom. The number of nitrogens with one attached hydrogen (secondary N) is 1. The van der Waals surface area contributed by atoms with Crippen LogP contribution in [0.3, 0.4) is 0 Å². The SMILES string of the molecule is Cc1ccc(OCC(=O)N/N=C/c2cc(Br)ccc2O)cc1. The number of carbonyl (C=O) groups excluding carboxylic acids is 1. The molecule has 0 atom stereocenters. The molecule has 0 saturated carbocycles. The van der Waals surface area contributed by atoms with Gasteiger partial charge in [0.15, 0.2) is 6.61 Å². The Kier molecular flexibility index (Phi) is 5.55. The lowest BCUT2D eigenvalue weighted by Gasteiger charge is -2.05. The van der Waals surface area contributed by atoms with Crippen LogP contribution >= 0.6 is 15.9 Å². The number of benzene rings is 2. The Bertz CT molecular complexity index is 684. The maximum absolute atomic E-state index is 11.6. The van der Waals surface area contributed by atoms with Crippen molar-refractivity contribution in [2.75, 3.05) is 6.61 Å². The highest BCUT2D eigenvalue weighted by molar-refractivity contribution is 9.10. The Labute approximate surface area is 136 Å². The van der Waals surface area contributed by atoms with Crippen LogP contribution in [0.5, 0.6) is 11.5 Å². The molecular formula is C16H15BrN2O3. The Hall–Kier alpha value is -2.34. The minimum absolute atomic E-state index is 0.0807. The first-order valence-electron chi connectivity index (χ1n) is 6.54. The number of ether oxygens (including phenoxy) is 1. The van der Waals surface area contributed by atoms with Crippen molar-refractivity contribution >= 4 is 28.1 Å². The number of hydrogen-bond donors (Lipinski definition) is 2. The third kappa shape index (κ3) is 4.89. The first-order chi connectivity index (χ1) is 10.5. The minimum atomic E-state index is -0.383. The molecule has 0 aromatic heterocycles. The number of aryl methyl sites for hydroxylation is 1. The fourth-order valence-corrected chi connectivity index (χ4v) is 2.00. The standard InChI is InChI=1S/C16H15BrN2O3/c1-11-2-5-14(6-3-11)22-10-16(21)19-18-9-12-8-13(17)4-7-15(12)20/h2-9,20H,10H2,1H3,(H,19,21)/b18-9+. The number of nitrogens with zero attached hydrogens (tertiary/aromatic N) is 1. The lowest BCUT2D eigenvalue weighted by Crippen LogP contribution is -2.24. The summed E-state index contributed by atoms with van der Waals surface area (Å²) in [5.74, 6) is 0.317. The second-order valence-electron chi connectivity index (χ2n) is 4.60. The summed E-state index contributed by atoms with van der Waals surface area (Å²) in [7, 11) is 0. The monoisotopic (exact) mass is 362 g/mol. The number of hydrazone groups is 1. The van der Waals surface area contributed by atoms with E-state index in [-0.39, 0.29) is 18.3 Å². The van der Waals surface area contributed by atoms with Crippen molar-refractivity contribution < 1.29 is 14.6 Å². The molecule has 2 N–H and O–H groups in total. The predicted octanol–water partition coefficient (Wildman–Crippen LogP) is 2.99. The van der Waals surface area contributed by atoms with Gasteiger partial charge in [-0.3, -0.25) is 4.79 Å². The Balaban J connectivity index is 1.83. The normalized spacial score (nSPS) is 10.6. The molecule has 114 valence electrons. The van der Waals surface area contributed by atoms with Crippen molar-refractivity contribution in [1.82, 2.24) is 5.43 Å². The molecule has 0 heterocycles. The average Bonchev–Trinajstić information content (AvgIpc) is 2.50. The van der Waals surface area contributed by atoms with Gasteiger partial charge < -0.3 is 9.84 Å². The number of phenolic OH excluding ortho intramolecular Hbond substituents is 1. The highest BCUT2D eigenvalue weighted by Gasteiger charge is 2.02. The van der Waals surface area contributed by atoms with Crippen molar-refractivity contribution in [2.45, 2.75) is 6.92 Å². The molecule has 0 bridgehead atoms. The molecule has 1 amide bonds. The van der Waals surface area contributed by atoms with Crippen LogP contribution in [0, 0.1) is 6.92 Å². The summed E-state index contributed by atoms with van der Waals surface area (Å²) in [5.41, 5.74) is 3.95. The van der Waals surface area contributed by atoms with E-state index in [4.69, 9.17) is 4.74 Å². The zero-order valence-electron chi connectivity index (χ0n) is 11.9. The van der Waals surface area contributed by atoms with E-state index in [0.717, 1.165) is 10.0 Å². The van der Waals surface area contributed by atoms with Gasteiger partial charge in [0.25, 0.3) is 5.91 Å². The number of aromatic hydroxyl groups is 1. The fourth-order valence-electron chi connectivity index (χ4n) is 1.62. The van der Waals surface area contributed by atoms with Crippen LogP contribution in [-0.2, 0) is 4.79 Å². The molecule has 0 aliphatic rings. The largest absolute Gasteiger partial charge is 0.507 e. The number of carbonyl (C=O) groups is 1. The molecule has 0 aliphatic carbocycles. The van der Waals surface area contributed by atoms with Gasteiger partial charge in [-0.15, -0.1) is 0 Å². The van der Waals surface area contributed by atoms with Crippen molar-refractivity contribution in [2.24, 2.45) is 5.10 Å². The minimum Gasteiger partial charge on any atom is -0.507 e. The molecule has 0 unspecified atom stereocenters. The van der Waals surface area contributed by atoms with Crippen molar-refractivity contribution in [3.05, 3.63) is 58.1 Å². The van der Waals surface area contributed by atoms with Gasteiger partial charge in [0.05, 0.1) is 6.21 Å². The van der Waals surface area contributed by atoms with Crippen molar-refractivity contribution in [1.29, 1.82) is 0 Å². The van der Waals surface area contributed by atoms with E-state index in [1.807, 2.05) is 19.1 Å². The van der Waals surface area contributed by atoms with E-state index in [1.54, 1.807) is 24.3 Å². The van der Waals surface area contributed by atoms with Crippen LogP contribution in [0.25, 0.3) is 0 Å². The summed E-state index contributed by atoms with van der Waals surface area (Å²) in [6.45, 7) is 1.84. The van der Waals surface area contributed by atoms with E-state index >= 15 is 0 Å². The summed E-state index contributed by atoms with van der Waals surface area (Å²) in [6, 6.07) is 12.3. The summed E-state index contributed by atoms with van der Waals surface area (Å²) < 4.78 is 6.13. The van der Waals surface area contributed by atoms with Crippen molar-refractivity contribution in [3.63, 3.8) is 0 Å². The highest BCUT2D eigenvalue weighted by Crippen LogP contribution is 2.19. The zero-order valence-corrected chi connectivity index (χ0v) is 13.5. The fraction of sp³-hybridized carbons (Fsp3) is 0.125. The molecule has 2 rings (SSSR count). The third-order valence-electron chi connectivity index (χ3n) is 2.77. The first-order valence-corrected chi connectivity index (χ1v) is 7.34. The number of amides is 1. The highest BCUT2D eigenvalue weighted by atomic mass is 79.9. The molecule has 22 heavy (non-hydrogen) atoms. The van der Waals surface area contributed by atoms with E-state index in [9.17, 15) is 9.90 Å². The lowest BCUT2D eigenvalue weighted by molar-refractivity contribution is -0.123. The van der Waals surface area contributed by atoms with Gasteiger partial charge in [-0.1, -0.05) is 33.6 Å². The van der Waals surface area contributed by atoms with Crippen LogP contribution in [0.4, 0.5) is 0 Å². The molecule has 6 heteroatoms. The number of phenols is 1. The molecule has 2 aromatic rings. The van der Waals surface area contributed by atoms with Crippen LogP contribution < -0.4 is 10.2 Å². The number of hydrogen-bond acceptors (Lipinski definition) is 4. The molecule has 2 aromatic carbocycles. The van der Waals surface area contributed by atoms with E-state index in [2.05, 4.69) is 26.5 Å². The lowest BCUT2D eigenvalue weighted by atomic mass is 10.2. The molecule has 0 radical (unpaired) electrons. The quantitative estimate of drug-likeness (QED) is 0.634. The summed E-state index contributed by atoms with van der Waals surface area (Å²) in [6.07, 6.45) is 1.36. The van der Waals surface area contributed by atoms with Crippen LogP contribution in [0.15, 0.2) is 52.0 Å². The molecule has 0 fully saturated rings. The zero-order chi connectivity index (χ0) is 15.9.